The third-order valence-corrected chi connectivity index (χ3v) is 2.91. The van der Waals surface area contributed by atoms with Crippen molar-refractivity contribution in [3.05, 3.63) is 29.7 Å². The maximum Gasteiger partial charge on any atom is 0.221 e. The highest BCUT2D eigenvalue weighted by atomic mass is 16.5. The number of nitrogens with one attached hydrogen (secondary N) is 2. The molecule has 0 aliphatic rings. The summed E-state index contributed by atoms with van der Waals surface area (Å²) < 4.78 is 5.23. The molecule has 0 unspecified atom stereocenters. The molecule has 1 heterocycles. The molecule has 6 nitrogen and oxygen atoms in total. The molecular formula is C14H18N4O2. The van der Waals surface area contributed by atoms with Gasteiger partial charge in [0, 0.05) is 18.2 Å². The van der Waals surface area contributed by atoms with E-state index in [0.29, 0.717) is 18.0 Å². The van der Waals surface area contributed by atoms with E-state index < -0.39 is 0 Å². The molecule has 0 aliphatic carbocycles. The summed E-state index contributed by atoms with van der Waals surface area (Å²) in [4.78, 5) is 18.8. The summed E-state index contributed by atoms with van der Waals surface area (Å²) in [5, 5.41) is 2.75. The second-order valence-electron chi connectivity index (χ2n) is 4.46. The molecule has 106 valence electrons. The first-order chi connectivity index (χ1) is 9.55. The molecule has 0 atom stereocenters. The monoisotopic (exact) mass is 274 g/mol. The Morgan fingerprint density at radius 2 is 2.25 bits per heavy atom. The molecule has 20 heavy (non-hydrogen) atoms. The van der Waals surface area contributed by atoms with Crippen LogP contribution in [0.2, 0.25) is 0 Å². The number of hydrogen-bond acceptors (Lipinski definition) is 4. The fourth-order valence-corrected chi connectivity index (χ4v) is 2.04. The minimum Gasteiger partial charge on any atom is -0.495 e. The Labute approximate surface area is 117 Å². The van der Waals surface area contributed by atoms with E-state index in [2.05, 4.69) is 15.3 Å². The predicted molar refractivity (Wildman–Crippen MR) is 77.5 cm³/mol. The van der Waals surface area contributed by atoms with Crippen molar-refractivity contribution in [2.75, 3.05) is 12.4 Å². The van der Waals surface area contributed by atoms with Crippen LogP contribution in [0, 0.1) is 6.92 Å². The van der Waals surface area contributed by atoms with Crippen LogP contribution in [-0.2, 0) is 11.3 Å². The van der Waals surface area contributed by atoms with E-state index >= 15 is 0 Å². The van der Waals surface area contributed by atoms with Crippen molar-refractivity contribution in [3.63, 3.8) is 0 Å². The highest BCUT2D eigenvalue weighted by molar-refractivity contribution is 5.91. The number of benzene rings is 1. The number of rotatable bonds is 4. The van der Waals surface area contributed by atoms with Gasteiger partial charge < -0.3 is 20.8 Å². The molecule has 0 radical (unpaired) electrons. The average molecular weight is 274 g/mol. The van der Waals surface area contributed by atoms with E-state index in [1.807, 2.05) is 19.1 Å². The number of carbonyl (C=O) groups excluding carboxylic acids is 1. The predicted octanol–water partition coefficient (Wildman–Crippen LogP) is 1.81. The summed E-state index contributed by atoms with van der Waals surface area (Å²) in [5.41, 5.74) is 8.85. The quantitative estimate of drug-likeness (QED) is 0.792. The molecule has 6 heteroatoms. The molecule has 1 aromatic heterocycles. The molecule has 0 aliphatic heterocycles. The fourth-order valence-electron chi connectivity index (χ4n) is 2.04. The number of anilines is 1. The molecule has 2 aromatic rings. The minimum atomic E-state index is -0.151. The number of nitrogens with zero attached hydrogens (tertiary/aromatic N) is 1. The zero-order valence-electron chi connectivity index (χ0n) is 11.8. The Morgan fingerprint density at radius 1 is 1.50 bits per heavy atom. The van der Waals surface area contributed by atoms with E-state index in [9.17, 15) is 4.79 Å². The first-order valence-electron chi connectivity index (χ1n) is 6.26. The van der Waals surface area contributed by atoms with Gasteiger partial charge in [0.15, 0.2) is 0 Å². The molecule has 2 rings (SSSR count). The lowest BCUT2D eigenvalue weighted by atomic mass is 10.1. The van der Waals surface area contributed by atoms with Gasteiger partial charge in [0.25, 0.3) is 0 Å². The van der Waals surface area contributed by atoms with Crippen LogP contribution in [0.4, 0.5) is 5.69 Å². The van der Waals surface area contributed by atoms with E-state index in [1.165, 1.54) is 6.92 Å². The molecular weight excluding hydrogens is 256 g/mol. The van der Waals surface area contributed by atoms with Gasteiger partial charge in [0.05, 0.1) is 25.0 Å². The molecule has 0 bridgehead atoms. The topological polar surface area (TPSA) is 93.0 Å². The molecule has 4 N–H and O–H groups in total. The molecule has 0 spiro atoms. The van der Waals surface area contributed by atoms with Crippen LogP contribution in [-0.4, -0.2) is 23.0 Å². The smallest absolute Gasteiger partial charge is 0.221 e. The number of hydrogen-bond donors (Lipinski definition) is 3. The lowest BCUT2D eigenvalue weighted by Gasteiger charge is -2.10. The Hall–Kier alpha value is -2.34. The van der Waals surface area contributed by atoms with Crippen LogP contribution in [0.25, 0.3) is 11.3 Å². The van der Waals surface area contributed by atoms with Gasteiger partial charge in [-0.15, -0.1) is 0 Å². The van der Waals surface area contributed by atoms with E-state index in [1.54, 1.807) is 13.2 Å². The van der Waals surface area contributed by atoms with Gasteiger partial charge in [-0.1, -0.05) is 0 Å². The number of methoxy groups -OCH3 is 1. The van der Waals surface area contributed by atoms with Gasteiger partial charge >= 0.3 is 0 Å². The second kappa shape index (κ2) is 5.75. The van der Waals surface area contributed by atoms with Gasteiger partial charge in [0.1, 0.15) is 11.6 Å². The van der Waals surface area contributed by atoms with Crippen molar-refractivity contribution in [2.45, 2.75) is 20.4 Å². The van der Waals surface area contributed by atoms with Crippen molar-refractivity contribution in [1.29, 1.82) is 0 Å². The maximum absolute atomic E-state index is 11.2. The summed E-state index contributed by atoms with van der Waals surface area (Å²) in [6.45, 7) is 3.75. The van der Waals surface area contributed by atoms with Crippen LogP contribution in [0.15, 0.2) is 18.2 Å². The summed E-state index contributed by atoms with van der Waals surface area (Å²) in [5.74, 6) is 1.19. The standard InChI is InChI=1S/C14H18N4O2/c1-8-14(18-13(7-15)16-8)10-4-5-12(20-3)11(6-10)17-9(2)19/h4-6H,7,15H2,1-3H3,(H,16,18)(H,17,19). The van der Waals surface area contributed by atoms with Gasteiger partial charge in [-0.05, 0) is 25.1 Å². The number of aryl methyl sites for hydroxylation is 1. The number of amides is 1. The zero-order chi connectivity index (χ0) is 14.7. The highest BCUT2D eigenvalue weighted by Gasteiger charge is 2.12. The largest absolute Gasteiger partial charge is 0.495 e. The maximum atomic E-state index is 11.2. The molecule has 1 amide bonds. The third-order valence-electron chi connectivity index (χ3n) is 2.91. The number of ether oxygens (including phenoxy) is 1. The SMILES string of the molecule is COc1ccc(-c2nc(CN)[nH]c2C)cc1NC(C)=O. The molecule has 1 aromatic carbocycles. The highest BCUT2D eigenvalue weighted by Crippen LogP contribution is 2.31. The second-order valence-corrected chi connectivity index (χ2v) is 4.46. The normalized spacial score (nSPS) is 10.4. The number of aromatic nitrogens is 2. The summed E-state index contributed by atoms with van der Waals surface area (Å²) in [6, 6.07) is 5.54. The lowest BCUT2D eigenvalue weighted by Crippen LogP contribution is -2.07. The van der Waals surface area contributed by atoms with Crippen molar-refractivity contribution in [1.82, 2.24) is 9.97 Å². The van der Waals surface area contributed by atoms with Crippen LogP contribution in [0.5, 0.6) is 5.75 Å². The Morgan fingerprint density at radius 3 is 2.80 bits per heavy atom. The molecule has 0 fully saturated rings. The Bertz CT molecular complexity index is 634. The van der Waals surface area contributed by atoms with E-state index in [-0.39, 0.29) is 5.91 Å². The van der Waals surface area contributed by atoms with Crippen LogP contribution in [0.3, 0.4) is 0 Å². The van der Waals surface area contributed by atoms with Gasteiger partial charge in [-0.25, -0.2) is 4.98 Å². The first kappa shape index (κ1) is 14.1. The molecule has 0 saturated carbocycles. The van der Waals surface area contributed by atoms with Crippen molar-refractivity contribution in [2.24, 2.45) is 5.73 Å². The van der Waals surface area contributed by atoms with Gasteiger partial charge in [-0.2, -0.15) is 0 Å². The van der Waals surface area contributed by atoms with Crippen molar-refractivity contribution in [3.8, 4) is 17.0 Å². The van der Waals surface area contributed by atoms with Crippen molar-refractivity contribution >= 4 is 11.6 Å². The van der Waals surface area contributed by atoms with Gasteiger partial charge in [0.2, 0.25) is 5.91 Å². The van der Waals surface area contributed by atoms with Gasteiger partial charge in [-0.3, -0.25) is 4.79 Å². The van der Waals surface area contributed by atoms with Crippen LogP contribution < -0.4 is 15.8 Å². The summed E-state index contributed by atoms with van der Waals surface area (Å²) >= 11 is 0. The van der Waals surface area contributed by atoms with E-state index in [0.717, 1.165) is 22.8 Å². The zero-order valence-corrected chi connectivity index (χ0v) is 11.8. The average Bonchev–Trinajstić information content (AvgIpc) is 2.79. The van der Waals surface area contributed by atoms with Crippen LogP contribution in [0.1, 0.15) is 18.4 Å². The number of aromatic amines is 1. The fraction of sp³-hybridized carbons (Fsp3) is 0.286. The number of imidazole rings is 1. The first-order valence-corrected chi connectivity index (χ1v) is 6.26. The lowest BCUT2D eigenvalue weighted by molar-refractivity contribution is -0.114. The molecule has 0 saturated heterocycles. The minimum absolute atomic E-state index is 0.151. The summed E-state index contributed by atoms with van der Waals surface area (Å²) in [7, 11) is 1.56. The Balaban J connectivity index is 2.46. The van der Waals surface area contributed by atoms with E-state index in [4.69, 9.17) is 10.5 Å². The number of nitrogens with two attached hydrogens (primary N) is 1. The van der Waals surface area contributed by atoms with Crippen LogP contribution >= 0.6 is 0 Å². The Kier molecular flexibility index (Phi) is 4.05. The van der Waals surface area contributed by atoms with Crippen molar-refractivity contribution < 1.29 is 9.53 Å². The number of H-pyrrole nitrogens is 1. The number of carbonyl (C=O) groups is 1. The summed E-state index contributed by atoms with van der Waals surface area (Å²) in [6.07, 6.45) is 0. The third kappa shape index (κ3) is 2.80.